The van der Waals surface area contributed by atoms with E-state index in [4.69, 9.17) is 0 Å². The van der Waals surface area contributed by atoms with Crippen molar-refractivity contribution in [1.29, 1.82) is 0 Å². The fourth-order valence-corrected chi connectivity index (χ4v) is 4.26. The zero-order valence-electron chi connectivity index (χ0n) is 18.4. The third kappa shape index (κ3) is 7.86. The van der Waals surface area contributed by atoms with Crippen molar-refractivity contribution >= 4 is 10.8 Å². The van der Waals surface area contributed by atoms with E-state index in [1.165, 1.54) is 95.5 Å². The summed E-state index contributed by atoms with van der Waals surface area (Å²) in [5.74, 6) is 0.471. The van der Waals surface area contributed by atoms with Crippen molar-refractivity contribution < 1.29 is 5.11 Å². The number of hydrogen-bond donors (Lipinski definition) is 1. The molecule has 1 N–H and O–H groups in total. The van der Waals surface area contributed by atoms with E-state index < -0.39 is 0 Å². The summed E-state index contributed by atoms with van der Waals surface area (Å²) in [7, 11) is 0. The van der Waals surface area contributed by atoms with Crippen LogP contribution < -0.4 is 0 Å². The summed E-state index contributed by atoms with van der Waals surface area (Å²) in [4.78, 5) is 0. The van der Waals surface area contributed by atoms with Gasteiger partial charge in [0.05, 0.1) is 0 Å². The zero-order chi connectivity index (χ0) is 20.0. The minimum Gasteiger partial charge on any atom is -0.507 e. The van der Waals surface area contributed by atoms with Gasteiger partial charge in [-0.2, -0.15) is 0 Å². The lowest BCUT2D eigenvalue weighted by atomic mass is 9.96. The lowest BCUT2D eigenvalue weighted by Crippen LogP contribution is -1.92. The Morgan fingerprint density at radius 3 is 1.75 bits per heavy atom. The number of unbranched alkanes of at least 4 members (excludes halogenated alkanes) is 13. The predicted molar refractivity (Wildman–Crippen MR) is 124 cm³/mol. The van der Waals surface area contributed by atoms with Gasteiger partial charge < -0.3 is 5.11 Å². The average molecular weight is 383 g/mol. The molecule has 2 aromatic rings. The molecule has 28 heavy (non-hydrogen) atoms. The van der Waals surface area contributed by atoms with Crippen molar-refractivity contribution in [3.8, 4) is 5.75 Å². The maximum Gasteiger partial charge on any atom is 0.126 e. The summed E-state index contributed by atoms with van der Waals surface area (Å²) in [6.45, 7) is 4.34. The molecule has 0 aromatic heterocycles. The normalized spacial score (nSPS) is 11.4. The van der Waals surface area contributed by atoms with Crippen LogP contribution in [0.2, 0.25) is 0 Å². The number of aromatic hydroxyl groups is 1. The van der Waals surface area contributed by atoms with Gasteiger partial charge in [-0.3, -0.25) is 0 Å². The van der Waals surface area contributed by atoms with E-state index in [-0.39, 0.29) is 0 Å². The Bertz CT molecular complexity index is 673. The van der Waals surface area contributed by atoms with Gasteiger partial charge in [-0.05, 0) is 36.3 Å². The molecule has 0 heterocycles. The first-order valence-electron chi connectivity index (χ1n) is 11.9. The van der Waals surface area contributed by atoms with Crippen LogP contribution in [-0.2, 0) is 6.42 Å². The summed E-state index contributed by atoms with van der Waals surface area (Å²) >= 11 is 0. The van der Waals surface area contributed by atoms with Crippen LogP contribution in [0.1, 0.15) is 108 Å². The molecule has 2 aromatic carbocycles. The van der Waals surface area contributed by atoms with Gasteiger partial charge in [-0.1, -0.05) is 121 Å². The Hall–Kier alpha value is -1.50. The fourth-order valence-electron chi connectivity index (χ4n) is 4.26. The van der Waals surface area contributed by atoms with E-state index in [0.717, 1.165) is 22.8 Å². The second kappa shape index (κ2) is 13.6. The Morgan fingerprint density at radius 1 is 0.679 bits per heavy atom. The molecule has 156 valence electrons. The van der Waals surface area contributed by atoms with Crippen LogP contribution in [0.15, 0.2) is 30.3 Å². The third-order valence-corrected chi connectivity index (χ3v) is 6.18. The van der Waals surface area contributed by atoms with Crippen LogP contribution in [0, 0.1) is 6.92 Å². The Morgan fingerprint density at radius 2 is 1.18 bits per heavy atom. The van der Waals surface area contributed by atoms with Crippen LogP contribution >= 0.6 is 0 Å². The smallest absolute Gasteiger partial charge is 0.126 e. The van der Waals surface area contributed by atoms with Crippen LogP contribution in [0.5, 0.6) is 5.75 Å². The van der Waals surface area contributed by atoms with Crippen molar-refractivity contribution in [3.05, 3.63) is 41.5 Å². The van der Waals surface area contributed by atoms with Gasteiger partial charge in [0.25, 0.3) is 0 Å². The predicted octanol–water partition coefficient (Wildman–Crippen LogP) is 8.88. The minimum absolute atomic E-state index is 0.471. The molecule has 0 saturated carbocycles. The minimum atomic E-state index is 0.471. The van der Waals surface area contributed by atoms with Gasteiger partial charge in [0.2, 0.25) is 0 Å². The van der Waals surface area contributed by atoms with Gasteiger partial charge in [-0.25, -0.2) is 0 Å². The highest BCUT2D eigenvalue weighted by Crippen LogP contribution is 2.31. The molecule has 1 nitrogen and oxygen atoms in total. The highest BCUT2D eigenvalue weighted by atomic mass is 16.3. The molecule has 0 bridgehead atoms. The first-order valence-corrected chi connectivity index (χ1v) is 11.9. The quantitative estimate of drug-likeness (QED) is 0.305. The third-order valence-electron chi connectivity index (χ3n) is 6.18. The van der Waals surface area contributed by atoms with Crippen LogP contribution in [0.25, 0.3) is 10.8 Å². The summed E-state index contributed by atoms with van der Waals surface area (Å²) in [5, 5.41) is 12.6. The standard InChI is InChI=1S/C27H42O/c1-3-4-5-6-7-8-9-10-11-12-13-14-15-16-19-24-22-25-20-17-18-21-26(25)27(28)23(24)2/h17-18,20-22,28H,3-16,19H2,1-2H3. The van der Waals surface area contributed by atoms with Gasteiger partial charge in [0.15, 0.2) is 0 Å². The van der Waals surface area contributed by atoms with E-state index in [9.17, 15) is 5.11 Å². The number of aryl methyl sites for hydroxylation is 1. The molecule has 0 fully saturated rings. The van der Waals surface area contributed by atoms with Crippen molar-refractivity contribution in [2.75, 3.05) is 0 Å². The van der Waals surface area contributed by atoms with E-state index in [1.54, 1.807) is 0 Å². The summed E-state index contributed by atoms with van der Waals surface area (Å²) in [6.07, 6.45) is 20.6. The number of phenols is 1. The highest BCUT2D eigenvalue weighted by molar-refractivity contribution is 5.90. The molecular weight excluding hydrogens is 340 g/mol. The summed E-state index contributed by atoms with van der Waals surface area (Å²) in [5.41, 5.74) is 2.38. The molecule has 0 saturated heterocycles. The van der Waals surface area contributed by atoms with Crippen LogP contribution in [-0.4, -0.2) is 5.11 Å². The topological polar surface area (TPSA) is 20.2 Å². The van der Waals surface area contributed by atoms with E-state index >= 15 is 0 Å². The second-order valence-corrected chi connectivity index (χ2v) is 8.58. The molecular formula is C27H42O. The van der Waals surface area contributed by atoms with Crippen LogP contribution in [0.3, 0.4) is 0 Å². The molecule has 0 radical (unpaired) electrons. The Labute approximate surface area is 173 Å². The number of benzene rings is 2. The fraction of sp³-hybridized carbons (Fsp3) is 0.630. The first-order chi connectivity index (χ1) is 13.7. The Balaban J connectivity index is 1.51. The maximum absolute atomic E-state index is 10.5. The summed E-state index contributed by atoms with van der Waals surface area (Å²) < 4.78 is 0. The molecule has 0 aliphatic carbocycles. The number of fused-ring (bicyclic) bond motifs is 1. The zero-order valence-corrected chi connectivity index (χ0v) is 18.4. The molecule has 2 rings (SSSR count). The molecule has 0 atom stereocenters. The van der Waals surface area contributed by atoms with Gasteiger partial charge in [0.1, 0.15) is 5.75 Å². The lowest BCUT2D eigenvalue weighted by Gasteiger charge is -2.11. The second-order valence-electron chi connectivity index (χ2n) is 8.58. The van der Waals surface area contributed by atoms with Gasteiger partial charge in [-0.15, -0.1) is 0 Å². The molecule has 0 aliphatic heterocycles. The maximum atomic E-state index is 10.5. The summed E-state index contributed by atoms with van der Waals surface area (Å²) in [6, 6.07) is 10.4. The monoisotopic (exact) mass is 382 g/mol. The van der Waals surface area contributed by atoms with E-state index in [0.29, 0.717) is 5.75 Å². The molecule has 0 unspecified atom stereocenters. The SMILES string of the molecule is CCCCCCCCCCCCCCCCc1cc2ccccc2c(O)c1C. The lowest BCUT2D eigenvalue weighted by molar-refractivity contribution is 0.476. The van der Waals surface area contributed by atoms with E-state index in [2.05, 4.69) is 26.0 Å². The largest absolute Gasteiger partial charge is 0.507 e. The molecule has 0 spiro atoms. The van der Waals surface area contributed by atoms with Gasteiger partial charge in [0, 0.05) is 5.39 Å². The van der Waals surface area contributed by atoms with Gasteiger partial charge >= 0.3 is 0 Å². The number of rotatable bonds is 15. The van der Waals surface area contributed by atoms with E-state index in [1.807, 2.05) is 18.2 Å². The first kappa shape index (κ1) is 22.8. The van der Waals surface area contributed by atoms with Crippen molar-refractivity contribution in [3.63, 3.8) is 0 Å². The number of hydrogen-bond acceptors (Lipinski definition) is 1. The van der Waals surface area contributed by atoms with Crippen LogP contribution in [0.4, 0.5) is 0 Å². The molecule has 0 aliphatic rings. The number of phenolic OH excluding ortho intramolecular Hbond substituents is 1. The van der Waals surface area contributed by atoms with Crippen molar-refractivity contribution in [2.24, 2.45) is 0 Å². The highest BCUT2D eigenvalue weighted by Gasteiger charge is 2.08. The molecule has 1 heteroatoms. The molecule has 0 amide bonds. The Kier molecular flexibility index (Phi) is 11.1. The van der Waals surface area contributed by atoms with Crippen molar-refractivity contribution in [1.82, 2.24) is 0 Å². The average Bonchev–Trinajstić information content (AvgIpc) is 2.71. The van der Waals surface area contributed by atoms with Crippen molar-refractivity contribution in [2.45, 2.75) is 110 Å².